The molecule has 2 fully saturated rings. The highest BCUT2D eigenvalue weighted by Crippen LogP contribution is 2.33. The van der Waals surface area contributed by atoms with Gasteiger partial charge in [-0.25, -0.2) is 4.98 Å². The van der Waals surface area contributed by atoms with E-state index < -0.39 is 0 Å². The van der Waals surface area contributed by atoms with Crippen molar-refractivity contribution in [3.05, 3.63) is 58.2 Å². The van der Waals surface area contributed by atoms with Crippen molar-refractivity contribution < 1.29 is 9.59 Å². The molecule has 1 aromatic heterocycles. The molecule has 3 aliphatic heterocycles. The second-order valence-electron chi connectivity index (χ2n) is 9.85. The Morgan fingerprint density at radius 1 is 1.09 bits per heavy atom. The lowest BCUT2D eigenvalue weighted by Gasteiger charge is -2.45. The minimum atomic E-state index is -0.0343. The minimum absolute atomic E-state index is 0.0343. The third kappa shape index (κ3) is 4.77. The van der Waals surface area contributed by atoms with Crippen LogP contribution in [0.1, 0.15) is 54.1 Å². The van der Waals surface area contributed by atoms with Gasteiger partial charge in [-0.2, -0.15) is 0 Å². The number of nitrogens with one attached hydrogen (secondary N) is 2. The van der Waals surface area contributed by atoms with Gasteiger partial charge in [0.2, 0.25) is 5.91 Å². The monoisotopic (exact) mass is 481 g/mol. The average Bonchev–Trinajstić information content (AvgIpc) is 2.85. The molecule has 180 valence electrons. The van der Waals surface area contributed by atoms with Crippen LogP contribution in [-0.2, 0) is 17.8 Å². The molecule has 7 nitrogen and oxygen atoms in total. The molecule has 34 heavy (non-hydrogen) atoms. The highest BCUT2D eigenvalue weighted by atomic mass is 35.5. The lowest BCUT2D eigenvalue weighted by atomic mass is 9.78. The fourth-order valence-electron chi connectivity index (χ4n) is 5.50. The Morgan fingerprint density at radius 2 is 1.79 bits per heavy atom. The molecule has 2 saturated heterocycles. The molecular formula is C26H32ClN5O2. The first-order chi connectivity index (χ1) is 16.4. The van der Waals surface area contributed by atoms with Crippen molar-refractivity contribution in [2.45, 2.75) is 57.2 Å². The fourth-order valence-corrected chi connectivity index (χ4v) is 5.69. The molecule has 0 saturated carbocycles. The summed E-state index contributed by atoms with van der Waals surface area (Å²) >= 11 is 6.41. The number of amides is 2. The van der Waals surface area contributed by atoms with Crippen molar-refractivity contribution in [2.75, 3.05) is 31.5 Å². The van der Waals surface area contributed by atoms with Gasteiger partial charge < -0.3 is 20.4 Å². The minimum Gasteiger partial charge on any atom is -0.367 e. The number of carbonyl (C=O) groups is 2. The van der Waals surface area contributed by atoms with Crippen molar-refractivity contribution in [2.24, 2.45) is 0 Å². The van der Waals surface area contributed by atoms with E-state index in [-0.39, 0.29) is 23.4 Å². The number of nitrogens with zero attached hydrogens (tertiary/aromatic N) is 3. The number of hydrogen-bond acceptors (Lipinski definition) is 5. The van der Waals surface area contributed by atoms with E-state index in [4.69, 9.17) is 11.6 Å². The first kappa shape index (κ1) is 23.1. The third-order valence-electron chi connectivity index (χ3n) is 7.69. The maximum Gasteiger partial charge on any atom is 0.255 e. The van der Waals surface area contributed by atoms with Gasteiger partial charge in [-0.05, 0) is 49.3 Å². The molecular weight excluding hydrogens is 450 g/mol. The highest BCUT2D eigenvalue weighted by Gasteiger charge is 2.38. The number of fused-ring (bicyclic) bond motifs is 1. The van der Waals surface area contributed by atoms with Crippen molar-refractivity contribution in [1.29, 1.82) is 0 Å². The molecule has 5 rings (SSSR count). The lowest BCUT2D eigenvalue weighted by molar-refractivity contribution is -0.129. The summed E-state index contributed by atoms with van der Waals surface area (Å²) in [5, 5.41) is 7.57. The zero-order valence-corrected chi connectivity index (χ0v) is 20.4. The van der Waals surface area contributed by atoms with Crippen LogP contribution in [-0.4, -0.2) is 64.4 Å². The van der Waals surface area contributed by atoms with Crippen LogP contribution in [0.4, 0.5) is 5.82 Å². The van der Waals surface area contributed by atoms with Crippen molar-refractivity contribution >= 4 is 29.2 Å². The fraction of sp³-hybridized carbons (Fsp3) is 0.500. The summed E-state index contributed by atoms with van der Waals surface area (Å²) in [6.07, 6.45) is 6.14. The van der Waals surface area contributed by atoms with Gasteiger partial charge in [0.25, 0.3) is 5.91 Å². The van der Waals surface area contributed by atoms with E-state index in [9.17, 15) is 9.59 Å². The van der Waals surface area contributed by atoms with Gasteiger partial charge >= 0.3 is 0 Å². The molecule has 1 spiro atoms. The van der Waals surface area contributed by atoms with E-state index in [1.807, 2.05) is 9.80 Å². The van der Waals surface area contributed by atoms with Gasteiger partial charge in [-0.15, -0.1) is 0 Å². The van der Waals surface area contributed by atoms with Crippen molar-refractivity contribution in [3.8, 4) is 0 Å². The number of rotatable bonds is 3. The summed E-state index contributed by atoms with van der Waals surface area (Å²) in [4.78, 5) is 33.1. The molecule has 0 unspecified atom stereocenters. The average molecular weight is 482 g/mol. The molecule has 8 heteroatoms. The normalized spacial score (nSPS) is 20.2. The number of anilines is 1. The SMILES string of the molecule is CC(=O)N1CCC(Nc2cc(C(=O)N3CCC4(CC3)Cc3ccccc3CN4)c(Cl)cn2)CC1. The van der Waals surface area contributed by atoms with Crippen LogP contribution in [0.15, 0.2) is 36.5 Å². The largest absolute Gasteiger partial charge is 0.367 e. The number of benzene rings is 1. The van der Waals surface area contributed by atoms with E-state index in [1.54, 1.807) is 19.2 Å². The summed E-state index contributed by atoms with van der Waals surface area (Å²) in [5.41, 5.74) is 3.36. The molecule has 3 aliphatic rings. The lowest BCUT2D eigenvalue weighted by Crippen LogP contribution is -2.57. The molecule has 0 aliphatic carbocycles. The second kappa shape index (κ2) is 9.55. The van der Waals surface area contributed by atoms with E-state index in [2.05, 4.69) is 39.9 Å². The summed E-state index contributed by atoms with van der Waals surface area (Å²) in [7, 11) is 0. The topological polar surface area (TPSA) is 77.6 Å². The first-order valence-corrected chi connectivity index (χ1v) is 12.6. The van der Waals surface area contributed by atoms with Crippen LogP contribution in [0, 0.1) is 0 Å². The van der Waals surface area contributed by atoms with E-state index >= 15 is 0 Å². The van der Waals surface area contributed by atoms with Gasteiger partial charge in [0.05, 0.1) is 10.6 Å². The number of likely N-dealkylation sites (tertiary alicyclic amines) is 2. The second-order valence-corrected chi connectivity index (χ2v) is 10.3. The zero-order chi connectivity index (χ0) is 23.7. The Morgan fingerprint density at radius 3 is 2.50 bits per heavy atom. The van der Waals surface area contributed by atoms with Crippen molar-refractivity contribution in [1.82, 2.24) is 20.1 Å². The summed E-state index contributed by atoms with van der Waals surface area (Å²) < 4.78 is 0. The van der Waals surface area contributed by atoms with Crippen LogP contribution in [0.2, 0.25) is 5.02 Å². The Bertz CT molecular complexity index is 1070. The quantitative estimate of drug-likeness (QED) is 0.701. The van der Waals surface area contributed by atoms with E-state index in [0.717, 1.165) is 51.7 Å². The Balaban J connectivity index is 1.21. The first-order valence-electron chi connectivity index (χ1n) is 12.2. The van der Waals surface area contributed by atoms with Crippen LogP contribution in [0.5, 0.6) is 0 Å². The number of carbonyl (C=O) groups excluding carboxylic acids is 2. The Kier molecular flexibility index (Phi) is 6.49. The number of hydrogen-bond donors (Lipinski definition) is 2. The molecule has 2 aromatic rings. The Hall–Kier alpha value is -2.64. The molecule has 1 aromatic carbocycles. The number of piperidine rings is 2. The molecule has 4 heterocycles. The van der Waals surface area contributed by atoms with Crippen LogP contribution >= 0.6 is 11.6 Å². The summed E-state index contributed by atoms with van der Waals surface area (Å²) in [5.74, 6) is 0.743. The van der Waals surface area contributed by atoms with Crippen LogP contribution in [0.25, 0.3) is 0 Å². The molecule has 0 radical (unpaired) electrons. The van der Waals surface area contributed by atoms with Gasteiger partial charge in [0.15, 0.2) is 0 Å². The third-order valence-corrected chi connectivity index (χ3v) is 7.99. The van der Waals surface area contributed by atoms with E-state index in [0.29, 0.717) is 29.5 Å². The number of aromatic nitrogens is 1. The van der Waals surface area contributed by atoms with Crippen molar-refractivity contribution in [3.63, 3.8) is 0 Å². The van der Waals surface area contributed by atoms with Crippen LogP contribution in [0.3, 0.4) is 0 Å². The Labute approximate surface area is 205 Å². The number of halogens is 1. The molecule has 2 N–H and O–H groups in total. The predicted octanol–water partition coefficient (Wildman–Crippen LogP) is 3.48. The maximum atomic E-state index is 13.4. The highest BCUT2D eigenvalue weighted by molar-refractivity contribution is 6.33. The maximum absolute atomic E-state index is 13.4. The standard InChI is InChI=1S/C26H32ClN5O2/c1-18(33)31-10-6-21(7-11-31)30-24-14-22(23(27)17-28-24)25(34)32-12-8-26(9-13-32)15-19-4-2-3-5-20(19)16-29-26/h2-5,14,17,21,29H,6-13,15-16H2,1H3,(H,28,30). The summed E-state index contributed by atoms with van der Waals surface area (Å²) in [6, 6.07) is 10.6. The molecule has 2 amide bonds. The van der Waals surface area contributed by atoms with Gasteiger partial charge in [0.1, 0.15) is 5.82 Å². The van der Waals surface area contributed by atoms with E-state index in [1.165, 1.54) is 11.1 Å². The number of pyridine rings is 1. The summed E-state index contributed by atoms with van der Waals surface area (Å²) in [6.45, 7) is 5.39. The molecule has 0 atom stereocenters. The van der Waals surface area contributed by atoms with Gasteiger partial charge in [-0.1, -0.05) is 35.9 Å². The smallest absolute Gasteiger partial charge is 0.255 e. The van der Waals surface area contributed by atoms with Gasteiger partial charge in [0, 0.05) is 57.4 Å². The zero-order valence-electron chi connectivity index (χ0n) is 19.6. The van der Waals surface area contributed by atoms with Crippen LogP contribution < -0.4 is 10.6 Å². The van der Waals surface area contributed by atoms with Gasteiger partial charge in [-0.3, -0.25) is 9.59 Å². The predicted molar refractivity (Wildman–Crippen MR) is 133 cm³/mol. The molecule has 0 bridgehead atoms.